The average Bonchev–Trinajstić information content (AvgIpc) is 2.19. The maximum Gasteiger partial charge on any atom is 0.184 e. The van der Waals surface area contributed by atoms with Gasteiger partial charge in [-0.15, -0.1) is 0 Å². The second kappa shape index (κ2) is 5.13. The summed E-state index contributed by atoms with van der Waals surface area (Å²) in [5, 5.41) is 2.35. The van der Waals surface area contributed by atoms with E-state index in [4.69, 9.17) is 17.3 Å². The van der Waals surface area contributed by atoms with Crippen LogP contribution in [0.1, 0.15) is 5.56 Å². The quantitative estimate of drug-likeness (QED) is 0.283. The van der Waals surface area contributed by atoms with Crippen LogP contribution < -0.4 is 11.2 Å². The largest absolute Gasteiger partial charge is 0.375 e. The number of nitrogens with one attached hydrogen (secondary N) is 1. The number of hydrazone groups is 1. The van der Waals surface area contributed by atoms with Gasteiger partial charge in [-0.2, -0.15) is 5.10 Å². The summed E-state index contributed by atoms with van der Waals surface area (Å²) in [5.41, 5.74) is 6.52. The fraction of sp³-hybridized carbons (Fsp3) is 0. The standard InChI is InChI=1S/C8H5ClF3N3S/c9-6-5(11)1-4(10)3(7(6)12)2-14-15-8(13)16/h1-2H,(H3,13,15,16). The highest BCUT2D eigenvalue weighted by atomic mass is 35.5. The van der Waals surface area contributed by atoms with E-state index >= 15 is 0 Å². The minimum Gasteiger partial charge on any atom is -0.375 e. The van der Waals surface area contributed by atoms with Crippen LogP contribution in [0.15, 0.2) is 11.2 Å². The van der Waals surface area contributed by atoms with Crippen LogP contribution in [-0.4, -0.2) is 11.3 Å². The molecule has 0 aliphatic heterocycles. The normalized spacial score (nSPS) is 10.8. The smallest absolute Gasteiger partial charge is 0.184 e. The third-order valence-electron chi connectivity index (χ3n) is 1.52. The number of halogens is 4. The zero-order chi connectivity index (χ0) is 12.3. The Morgan fingerprint density at radius 1 is 1.44 bits per heavy atom. The lowest BCUT2D eigenvalue weighted by molar-refractivity contribution is 0.541. The highest BCUT2D eigenvalue weighted by Gasteiger charge is 2.15. The van der Waals surface area contributed by atoms with Gasteiger partial charge in [0.1, 0.15) is 16.7 Å². The molecule has 0 saturated heterocycles. The molecule has 1 rings (SSSR count). The Kier molecular flexibility index (Phi) is 4.08. The molecule has 8 heteroatoms. The molecule has 0 amide bonds. The molecule has 0 heterocycles. The molecule has 3 nitrogen and oxygen atoms in total. The number of rotatable bonds is 2. The number of hydrogen-bond donors (Lipinski definition) is 2. The summed E-state index contributed by atoms with van der Waals surface area (Å²) in [6.07, 6.45) is 0.759. The highest BCUT2D eigenvalue weighted by Crippen LogP contribution is 2.23. The Bertz CT molecular complexity index is 464. The summed E-state index contributed by atoms with van der Waals surface area (Å²) in [5.74, 6) is -3.56. The molecule has 16 heavy (non-hydrogen) atoms. The van der Waals surface area contributed by atoms with Gasteiger partial charge in [0, 0.05) is 6.07 Å². The van der Waals surface area contributed by atoms with Gasteiger partial charge < -0.3 is 5.73 Å². The summed E-state index contributed by atoms with van der Waals surface area (Å²) in [4.78, 5) is 0. The molecule has 0 radical (unpaired) electrons. The van der Waals surface area contributed by atoms with Crippen LogP contribution in [0.25, 0.3) is 0 Å². The van der Waals surface area contributed by atoms with Gasteiger partial charge in [0.05, 0.1) is 11.8 Å². The number of nitrogens with zero attached hydrogens (tertiary/aromatic N) is 1. The predicted molar refractivity (Wildman–Crippen MR) is 58.8 cm³/mol. The van der Waals surface area contributed by atoms with Gasteiger partial charge in [0.2, 0.25) is 0 Å². The van der Waals surface area contributed by atoms with Crippen LogP contribution in [0.4, 0.5) is 13.2 Å². The number of nitrogens with two attached hydrogens (primary N) is 1. The number of hydrogen-bond acceptors (Lipinski definition) is 2. The van der Waals surface area contributed by atoms with Gasteiger partial charge >= 0.3 is 0 Å². The molecule has 0 aliphatic carbocycles. The molecule has 1 aromatic carbocycles. The monoisotopic (exact) mass is 267 g/mol. The molecule has 0 unspecified atom stereocenters. The lowest BCUT2D eigenvalue weighted by Gasteiger charge is -2.02. The highest BCUT2D eigenvalue weighted by molar-refractivity contribution is 7.80. The van der Waals surface area contributed by atoms with Crippen molar-refractivity contribution in [3.05, 3.63) is 34.1 Å². The van der Waals surface area contributed by atoms with Gasteiger partial charge in [-0.05, 0) is 12.2 Å². The fourth-order valence-electron chi connectivity index (χ4n) is 0.859. The summed E-state index contributed by atoms with van der Waals surface area (Å²) in [7, 11) is 0. The van der Waals surface area contributed by atoms with Crippen LogP contribution in [0.2, 0.25) is 5.02 Å². The third-order valence-corrected chi connectivity index (χ3v) is 1.96. The zero-order valence-electron chi connectivity index (χ0n) is 7.60. The molecule has 0 fully saturated rings. The molecule has 3 N–H and O–H groups in total. The van der Waals surface area contributed by atoms with E-state index in [1.807, 2.05) is 0 Å². The molecule has 0 bridgehead atoms. The van der Waals surface area contributed by atoms with E-state index in [-0.39, 0.29) is 5.11 Å². The maximum atomic E-state index is 13.3. The van der Waals surface area contributed by atoms with Gasteiger partial charge in [0.25, 0.3) is 0 Å². The first-order valence-electron chi connectivity index (χ1n) is 3.85. The molecule has 0 aliphatic rings. The van der Waals surface area contributed by atoms with E-state index in [9.17, 15) is 13.2 Å². The summed E-state index contributed by atoms with van der Waals surface area (Å²) in [6.45, 7) is 0. The third kappa shape index (κ3) is 2.83. The van der Waals surface area contributed by atoms with Gasteiger partial charge in [0.15, 0.2) is 10.9 Å². The fourth-order valence-corrected chi connectivity index (χ4v) is 1.07. The van der Waals surface area contributed by atoms with E-state index < -0.39 is 28.0 Å². The Morgan fingerprint density at radius 3 is 2.62 bits per heavy atom. The van der Waals surface area contributed by atoms with Crippen molar-refractivity contribution in [3.8, 4) is 0 Å². The van der Waals surface area contributed by atoms with Crippen molar-refractivity contribution in [2.75, 3.05) is 0 Å². The van der Waals surface area contributed by atoms with Gasteiger partial charge in [-0.3, -0.25) is 5.43 Å². The van der Waals surface area contributed by atoms with Crippen molar-refractivity contribution in [3.63, 3.8) is 0 Å². The van der Waals surface area contributed by atoms with E-state index in [0.717, 1.165) is 6.21 Å². The Hall–Kier alpha value is -1.34. The van der Waals surface area contributed by atoms with E-state index in [1.54, 1.807) is 0 Å². The lowest BCUT2D eigenvalue weighted by atomic mass is 10.2. The minimum absolute atomic E-state index is 0.176. The van der Waals surface area contributed by atoms with E-state index in [1.165, 1.54) is 0 Å². The SMILES string of the molecule is NC(=S)NN=Cc1c(F)cc(F)c(Cl)c1F. The van der Waals surface area contributed by atoms with Gasteiger partial charge in [-0.1, -0.05) is 11.6 Å². The van der Waals surface area contributed by atoms with Crippen LogP contribution in [0, 0.1) is 17.5 Å². The van der Waals surface area contributed by atoms with Crippen molar-refractivity contribution >= 4 is 35.1 Å². The summed E-state index contributed by atoms with van der Waals surface area (Å²) < 4.78 is 39.1. The molecule has 86 valence electrons. The molecule has 0 aromatic heterocycles. The van der Waals surface area contributed by atoms with Crippen LogP contribution in [0.3, 0.4) is 0 Å². The molecule has 1 aromatic rings. The van der Waals surface area contributed by atoms with Crippen LogP contribution in [-0.2, 0) is 0 Å². The molecule has 0 saturated carbocycles. The summed E-state index contributed by atoms with van der Waals surface area (Å²) in [6, 6.07) is 0.452. The van der Waals surface area contributed by atoms with E-state index in [2.05, 4.69) is 22.7 Å². The Balaban J connectivity index is 3.09. The predicted octanol–water partition coefficient (Wildman–Crippen LogP) is 1.92. The van der Waals surface area contributed by atoms with E-state index in [0.29, 0.717) is 6.07 Å². The summed E-state index contributed by atoms with van der Waals surface area (Å²) >= 11 is 9.65. The minimum atomic E-state index is -1.24. The first-order valence-corrected chi connectivity index (χ1v) is 4.63. The topological polar surface area (TPSA) is 50.4 Å². The van der Waals surface area contributed by atoms with Crippen molar-refractivity contribution in [2.24, 2.45) is 10.8 Å². The second-order valence-corrected chi connectivity index (χ2v) is 3.43. The number of benzene rings is 1. The molecule has 0 spiro atoms. The molecular formula is C8H5ClF3N3S. The lowest BCUT2D eigenvalue weighted by Crippen LogP contribution is -2.24. The van der Waals surface area contributed by atoms with Crippen molar-refractivity contribution in [2.45, 2.75) is 0 Å². The Labute approximate surface area is 99.1 Å². The molecular weight excluding hydrogens is 263 g/mol. The second-order valence-electron chi connectivity index (χ2n) is 2.62. The van der Waals surface area contributed by atoms with Crippen LogP contribution >= 0.6 is 23.8 Å². The van der Waals surface area contributed by atoms with Crippen molar-refractivity contribution in [1.82, 2.24) is 5.43 Å². The first kappa shape index (κ1) is 12.7. The van der Waals surface area contributed by atoms with Crippen molar-refractivity contribution < 1.29 is 13.2 Å². The van der Waals surface area contributed by atoms with Crippen molar-refractivity contribution in [1.29, 1.82) is 0 Å². The Morgan fingerprint density at radius 2 is 2.06 bits per heavy atom. The average molecular weight is 268 g/mol. The maximum absolute atomic E-state index is 13.3. The van der Waals surface area contributed by atoms with Crippen LogP contribution in [0.5, 0.6) is 0 Å². The zero-order valence-corrected chi connectivity index (χ0v) is 9.17. The number of thiocarbonyl (C=S) groups is 1. The first-order chi connectivity index (χ1) is 7.43. The van der Waals surface area contributed by atoms with Gasteiger partial charge in [-0.25, -0.2) is 13.2 Å². The molecule has 0 atom stereocenters.